The first-order valence-corrected chi connectivity index (χ1v) is 10.7. The molecule has 0 saturated carbocycles. The topological polar surface area (TPSA) is 59.4 Å². The number of rotatable bonds is 7. The van der Waals surface area contributed by atoms with E-state index < -0.39 is 10.3 Å². The Labute approximate surface area is 177 Å². The van der Waals surface area contributed by atoms with Gasteiger partial charge in [0.05, 0.1) is 0 Å². The van der Waals surface area contributed by atoms with Crippen molar-refractivity contribution >= 4 is 23.4 Å². The minimum Gasteiger partial charge on any atom is -0.378 e. The quantitative estimate of drug-likeness (QED) is 0.763. The highest BCUT2D eigenvalue weighted by molar-refractivity contribution is 8.00. The van der Waals surface area contributed by atoms with Crippen LogP contribution in [0.25, 0.3) is 0 Å². The summed E-state index contributed by atoms with van der Waals surface area (Å²) in [4.78, 5) is 16.7. The van der Waals surface area contributed by atoms with Crippen molar-refractivity contribution in [3.63, 3.8) is 0 Å². The third-order valence-electron chi connectivity index (χ3n) is 5.43. The fourth-order valence-electron chi connectivity index (χ4n) is 3.78. The molecule has 1 fully saturated rings. The zero-order chi connectivity index (χ0) is 21.1. The molecule has 1 aliphatic rings. The van der Waals surface area contributed by atoms with E-state index in [0.29, 0.717) is 6.42 Å². The second-order valence-corrected chi connectivity index (χ2v) is 9.33. The van der Waals surface area contributed by atoms with E-state index in [1.165, 1.54) is 11.8 Å². The monoisotopic (exact) mass is 408 g/mol. The van der Waals surface area contributed by atoms with Gasteiger partial charge in [0, 0.05) is 38.5 Å². The molecule has 29 heavy (non-hydrogen) atoms. The highest BCUT2D eigenvalue weighted by Crippen LogP contribution is 2.48. The molecule has 5 nitrogen and oxygen atoms in total. The van der Waals surface area contributed by atoms with Gasteiger partial charge >= 0.3 is 0 Å². The van der Waals surface area contributed by atoms with Gasteiger partial charge in [-0.15, -0.1) is 11.8 Å². The average Bonchev–Trinajstić information content (AvgIpc) is 3.02. The van der Waals surface area contributed by atoms with E-state index in [0.717, 1.165) is 29.1 Å². The highest BCUT2D eigenvalue weighted by Gasteiger charge is 2.57. The fraction of sp³-hybridized carbons (Fsp3) is 0.391. The SMILES string of the molecule is CN(C)CCSC1(C#N)CC(c2ccccc2)(c2ccc(N(C)C)cc2)C(=O)N1. The number of thioether (sulfide) groups is 1. The van der Waals surface area contributed by atoms with Crippen molar-refractivity contribution in [2.24, 2.45) is 0 Å². The number of amides is 1. The molecule has 1 aliphatic heterocycles. The van der Waals surface area contributed by atoms with E-state index in [4.69, 9.17) is 0 Å². The van der Waals surface area contributed by atoms with E-state index in [1.807, 2.05) is 87.7 Å². The van der Waals surface area contributed by atoms with Crippen molar-refractivity contribution in [3.05, 3.63) is 65.7 Å². The van der Waals surface area contributed by atoms with Crippen LogP contribution in [0, 0.1) is 11.3 Å². The number of nitrogens with one attached hydrogen (secondary N) is 1. The Morgan fingerprint density at radius 3 is 2.21 bits per heavy atom. The molecule has 2 aromatic rings. The maximum atomic E-state index is 13.5. The Hall–Kier alpha value is -2.49. The third kappa shape index (κ3) is 4.12. The molecule has 152 valence electrons. The largest absolute Gasteiger partial charge is 0.378 e. The van der Waals surface area contributed by atoms with E-state index in [-0.39, 0.29) is 5.91 Å². The van der Waals surface area contributed by atoms with Crippen LogP contribution in [-0.2, 0) is 10.2 Å². The molecule has 1 amide bonds. The van der Waals surface area contributed by atoms with Crippen molar-refractivity contribution in [1.29, 1.82) is 5.26 Å². The molecule has 0 bridgehead atoms. The van der Waals surface area contributed by atoms with Crippen LogP contribution in [0.4, 0.5) is 5.69 Å². The lowest BCUT2D eigenvalue weighted by Gasteiger charge is -2.29. The molecule has 0 spiro atoms. The van der Waals surface area contributed by atoms with Crippen LogP contribution in [0.2, 0.25) is 0 Å². The molecule has 2 aromatic carbocycles. The number of hydrogen-bond acceptors (Lipinski definition) is 5. The van der Waals surface area contributed by atoms with Crippen molar-refractivity contribution in [1.82, 2.24) is 10.2 Å². The van der Waals surface area contributed by atoms with Gasteiger partial charge < -0.3 is 15.1 Å². The zero-order valence-corrected chi connectivity index (χ0v) is 18.3. The van der Waals surface area contributed by atoms with Crippen LogP contribution in [0.5, 0.6) is 0 Å². The summed E-state index contributed by atoms with van der Waals surface area (Å²) in [6.07, 6.45) is 0.402. The minimum atomic E-state index is -0.941. The van der Waals surface area contributed by atoms with Crippen molar-refractivity contribution in [2.45, 2.75) is 16.7 Å². The maximum Gasteiger partial charge on any atom is 0.237 e. The van der Waals surface area contributed by atoms with E-state index in [1.54, 1.807) is 0 Å². The molecule has 1 saturated heterocycles. The van der Waals surface area contributed by atoms with Gasteiger partial charge in [-0.05, 0) is 37.4 Å². The van der Waals surface area contributed by atoms with E-state index >= 15 is 0 Å². The van der Waals surface area contributed by atoms with Gasteiger partial charge in [0.1, 0.15) is 11.5 Å². The van der Waals surface area contributed by atoms with Crippen molar-refractivity contribution < 1.29 is 4.79 Å². The lowest BCUT2D eigenvalue weighted by molar-refractivity contribution is -0.122. The van der Waals surface area contributed by atoms with Gasteiger partial charge in [-0.1, -0.05) is 42.5 Å². The fourth-order valence-corrected chi connectivity index (χ4v) is 5.13. The van der Waals surface area contributed by atoms with Gasteiger partial charge in [-0.2, -0.15) is 5.26 Å². The van der Waals surface area contributed by atoms with Crippen LogP contribution in [-0.4, -0.2) is 56.2 Å². The van der Waals surface area contributed by atoms with E-state index in [9.17, 15) is 10.1 Å². The van der Waals surface area contributed by atoms with Gasteiger partial charge in [0.2, 0.25) is 5.91 Å². The Bertz CT molecular complexity index is 891. The lowest BCUT2D eigenvalue weighted by Crippen LogP contribution is -2.39. The third-order valence-corrected chi connectivity index (χ3v) is 6.65. The Kier molecular flexibility index (Phi) is 6.21. The van der Waals surface area contributed by atoms with Gasteiger partial charge in [-0.25, -0.2) is 0 Å². The number of hydrogen-bond donors (Lipinski definition) is 1. The van der Waals surface area contributed by atoms with Crippen LogP contribution >= 0.6 is 11.8 Å². The number of nitrogens with zero attached hydrogens (tertiary/aromatic N) is 3. The van der Waals surface area contributed by atoms with Crippen LogP contribution < -0.4 is 10.2 Å². The summed E-state index contributed by atoms with van der Waals surface area (Å²) in [5.41, 5.74) is 2.02. The molecule has 1 heterocycles. The highest BCUT2D eigenvalue weighted by atomic mass is 32.2. The molecule has 0 aromatic heterocycles. The molecule has 3 rings (SSSR count). The zero-order valence-electron chi connectivity index (χ0n) is 17.5. The average molecular weight is 409 g/mol. The summed E-state index contributed by atoms with van der Waals surface area (Å²) >= 11 is 1.52. The number of benzene rings is 2. The first-order valence-electron chi connectivity index (χ1n) is 9.69. The Morgan fingerprint density at radius 1 is 1.03 bits per heavy atom. The Morgan fingerprint density at radius 2 is 1.66 bits per heavy atom. The standard InChI is InChI=1S/C23H28N4OS/c1-26(2)14-15-29-22(17-24)16-23(21(28)25-22,18-8-6-5-7-9-18)19-10-12-20(13-11-19)27(3)4/h5-13H,14-16H2,1-4H3,(H,25,28). The Balaban J connectivity index is 2.05. The molecule has 0 aliphatic carbocycles. The molecule has 0 radical (unpaired) electrons. The normalized spacial score (nSPS) is 23.7. The van der Waals surface area contributed by atoms with Crippen LogP contribution in [0.1, 0.15) is 17.5 Å². The smallest absolute Gasteiger partial charge is 0.237 e. The summed E-state index contributed by atoms with van der Waals surface area (Å²) in [5, 5.41) is 13.1. The molecule has 2 unspecified atom stereocenters. The van der Waals surface area contributed by atoms with Crippen molar-refractivity contribution in [2.75, 3.05) is 45.4 Å². The molecular formula is C23H28N4OS. The molecular weight excluding hydrogens is 380 g/mol. The van der Waals surface area contributed by atoms with E-state index in [2.05, 4.69) is 16.3 Å². The van der Waals surface area contributed by atoms with Gasteiger partial charge in [0.25, 0.3) is 0 Å². The summed E-state index contributed by atoms with van der Waals surface area (Å²) in [6.45, 7) is 0.847. The van der Waals surface area contributed by atoms with Gasteiger partial charge in [-0.3, -0.25) is 4.79 Å². The maximum absolute atomic E-state index is 13.5. The second kappa shape index (κ2) is 8.48. The number of carbonyl (C=O) groups is 1. The number of nitriles is 1. The minimum absolute atomic E-state index is 0.111. The molecule has 6 heteroatoms. The first-order chi connectivity index (χ1) is 13.8. The van der Waals surface area contributed by atoms with Crippen LogP contribution in [0.15, 0.2) is 54.6 Å². The number of anilines is 1. The summed E-state index contributed by atoms with van der Waals surface area (Å²) < 4.78 is 0. The summed E-state index contributed by atoms with van der Waals surface area (Å²) in [6, 6.07) is 20.3. The predicted octanol–water partition coefficient (Wildman–Crippen LogP) is 3.07. The van der Waals surface area contributed by atoms with Gasteiger partial charge in [0.15, 0.2) is 4.87 Å². The summed E-state index contributed by atoms with van der Waals surface area (Å²) in [7, 11) is 8.00. The summed E-state index contributed by atoms with van der Waals surface area (Å²) in [5.74, 6) is 0.658. The predicted molar refractivity (Wildman–Crippen MR) is 120 cm³/mol. The molecule has 1 N–H and O–H groups in total. The number of carbonyl (C=O) groups excluding carboxylic acids is 1. The van der Waals surface area contributed by atoms with Crippen molar-refractivity contribution in [3.8, 4) is 6.07 Å². The molecule has 2 atom stereocenters. The van der Waals surface area contributed by atoms with Crippen LogP contribution in [0.3, 0.4) is 0 Å². The lowest BCUT2D eigenvalue weighted by atomic mass is 9.72. The second-order valence-electron chi connectivity index (χ2n) is 7.93. The first kappa shape index (κ1) is 21.2.